The van der Waals surface area contributed by atoms with Gasteiger partial charge in [-0.05, 0) is 30.8 Å². The molecule has 0 unspecified atom stereocenters. The Bertz CT molecular complexity index is 1420. The van der Waals surface area contributed by atoms with Crippen LogP contribution in [0, 0.1) is 10.1 Å². The summed E-state index contributed by atoms with van der Waals surface area (Å²) in [6, 6.07) is 11.2. The van der Waals surface area contributed by atoms with Crippen LogP contribution in [0.4, 0.5) is 22.9 Å². The van der Waals surface area contributed by atoms with Gasteiger partial charge in [-0.3, -0.25) is 14.8 Å². The Balaban J connectivity index is 1.48. The van der Waals surface area contributed by atoms with Gasteiger partial charge < -0.3 is 15.1 Å². The van der Waals surface area contributed by atoms with E-state index >= 15 is 0 Å². The Labute approximate surface area is 202 Å². The summed E-state index contributed by atoms with van der Waals surface area (Å²) < 4.78 is 1.82. The number of hydrogen-bond acceptors (Lipinski definition) is 8. The first-order chi connectivity index (χ1) is 16.9. The highest BCUT2D eigenvalue weighted by Gasteiger charge is 2.25. The Kier molecular flexibility index (Phi) is 5.87. The zero-order valence-corrected chi connectivity index (χ0v) is 19.7. The summed E-state index contributed by atoms with van der Waals surface area (Å²) in [6.45, 7) is 7.10. The predicted octanol–water partition coefficient (Wildman–Crippen LogP) is 4.08. The number of anilines is 3. The lowest BCUT2D eigenvalue weighted by Gasteiger charge is -2.34. The minimum Gasteiger partial charge on any atom is -0.363 e. The fraction of sp³-hybridized carbons (Fsp3) is 0.240. The molecule has 2 aromatic heterocycles. The molecule has 1 fully saturated rings. The number of fused-ring (bicyclic) bond motifs is 1. The average Bonchev–Trinajstić information content (AvgIpc) is 3.24. The molecule has 1 saturated heterocycles. The summed E-state index contributed by atoms with van der Waals surface area (Å²) in [5, 5.41) is 20.5. The first-order valence-electron chi connectivity index (χ1n) is 11.3. The van der Waals surface area contributed by atoms with Crippen LogP contribution in [0.15, 0.2) is 55.5 Å². The van der Waals surface area contributed by atoms with E-state index in [-0.39, 0.29) is 10.6 Å². The van der Waals surface area contributed by atoms with Gasteiger partial charge in [0.2, 0.25) is 0 Å². The fourth-order valence-electron chi connectivity index (χ4n) is 4.36. The number of piperazine rings is 1. The molecule has 4 aromatic rings. The number of nitrogens with one attached hydrogen (secondary N) is 1. The van der Waals surface area contributed by atoms with Crippen molar-refractivity contribution in [2.45, 2.75) is 0 Å². The zero-order valence-electron chi connectivity index (χ0n) is 19.7. The first-order valence-corrected chi connectivity index (χ1v) is 11.3. The van der Waals surface area contributed by atoms with E-state index in [2.05, 4.69) is 43.8 Å². The Hall–Kier alpha value is -4.31. The summed E-state index contributed by atoms with van der Waals surface area (Å²) in [4.78, 5) is 24.7. The fourth-order valence-corrected chi connectivity index (χ4v) is 4.36. The van der Waals surface area contributed by atoms with Crippen LogP contribution >= 0.6 is 0 Å². The number of aromatic nitrogens is 4. The molecule has 0 spiro atoms. The highest BCUT2D eigenvalue weighted by Crippen LogP contribution is 2.36. The molecule has 0 bridgehead atoms. The largest absolute Gasteiger partial charge is 0.363 e. The SMILES string of the molecule is C=Cc1cc(N2CCN(C)CC2)c([N+](=O)[O-])cc1Nc1cc(-c2ccc3c(cnn3C)c2)ncn1. The molecule has 178 valence electrons. The van der Waals surface area contributed by atoms with E-state index < -0.39 is 0 Å². The smallest absolute Gasteiger partial charge is 0.294 e. The molecule has 35 heavy (non-hydrogen) atoms. The van der Waals surface area contributed by atoms with Gasteiger partial charge in [0.1, 0.15) is 17.8 Å². The van der Waals surface area contributed by atoms with Crippen molar-refractivity contribution in [3.63, 3.8) is 0 Å². The number of hydrogen-bond donors (Lipinski definition) is 1. The van der Waals surface area contributed by atoms with Crippen molar-refractivity contribution >= 4 is 39.9 Å². The lowest BCUT2D eigenvalue weighted by atomic mass is 10.1. The van der Waals surface area contributed by atoms with E-state index in [0.717, 1.165) is 53.9 Å². The number of nitro benzene ring substituents is 1. The van der Waals surface area contributed by atoms with Crippen molar-refractivity contribution in [3.8, 4) is 11.3 Å². The molecule has 1 aliphatic heterocycles. The third kappa shape index (κ3) is 4.43. The average molecular weight is 471 g/mol. The number of nitro groups is 1. The molecule has 0 amide bonds. The summed E-state index contributed by atoms with van der Waals surface area (Å²) >= 11 is 0. The molecule has 1 N–H and O–H groups in total. The van der Waals surface area contributed by atoms with E-state index in [4.69, 9.17) is 0 Å². The zero-order chi connectivity index (χ0) is 24.5. The van der Waals surface area contributed by atoms with E-state index in [9.17, 15) is 10.1 Å². The molecule has 1 aliphatic rings. The second-order valence-electron chi connectivity index (χ2n) is 8.63. The summed E-state index contributed by atoms with van der Waals surface area (Å²) in [5.41, 5.74) is 4.69. The number of aryl methyl sites for hydroxylation is 1. The molecule has 10 nitrogen and oxygen atoms in total. The second kappa shape index (κ2) is 9.15. The molecular weight excluding hydrogens is 444 g/mol. The topological polar surface area (TPSA) is 105 Å². The number of likely N-dealkylation sites (N-methyl/N-ethyl adjacent to an activating group) is 1. The summed E-state index contributed by atoms with van der Waals surface area (Å²) in [6.07, 6.45) is 4.99. The lowest BCUT2D eigenvalue weighted by molar-refractivity contribution is -0.384. The predicted molar refractivity (Wildman–Crippen MR) is 138 cm³/mol. The Morgan fingerprint density at radius 2 is 1.89 bits per heavy atom. The van der Waals surface area contributed by atoms with Crippen LogP contribution in [0.1, 0.15) is 5.56 Å². The molecule has 0 aliphatic carbocycles. The molecular formula is C25H26N8O2. The third-order valence-electron chi connectivity index (χ3n) is 6.38. The maximum absolute atomic E-state index is 12.0. The Morgan fingerprint density at radius 1 is 1.09 bits per heavy atom. The summed E-state index contributed by atoms with van der Waals surface area (Å²) in [5.74, 6) is 0.533. The van der Waals surface area contributed by atoms with Crippen molar-refractivity contribution in [1.29, 1.82) is 0 Å². The standard InChI is InChI=1S/C25H26N8O2/c1-4-17-12-23(32-9-7-30(2)8-10-32)24(33(34)35)13-21(17)29-25-14-20(26-16-27-25)18-5-6-22-19(11-18)15-28-31(22)3/h4-6,11-16H,1,7-10H2,2-3H3,(H,26,27,29). The van der Waals surface area contributed by atoms with Crippen molar-refractivity contribution in [2.75, 3.05) is 43.4 Å². The number of nitrogens with zero attached hydrogens (tertiary/aromatic N) is 7. The van der Waals surface area contributed by atoms with E-state index in [1.54, 1.807) is 12.1 Å². The van der Waals surface area contributed by atoms with Crippen LogP contribution in [0.25, 0.3) is 28.2 Å². The van der Waals surface area contributed by atoms with Gasteiger partial charge in [0.15, 0.2) is 0 Å². The van der Waals surface area contributed by atoms with Gasteiger partial charge in [0.25, 0.3) is 5.69 Å². The highest BCUT2D eigenvalue weighted by atomic mass is 16.6. The second-order valence-corrected chi connectivity index (χ2v) is 8.63. The maximum Gasteiger partial charge on any atom is 0.294 e. The van der Waals surface area contributed by atoms with E-state index in [1.807, 2.05) is 48.3 Å². The van der Waals surface area contributed by atoms with Gasteiger partial charge in [-0.2, -0.15) is 5.10 Å². The van der Waals surface area contributed by atoms with Gasteiger partial charge in [-0.15, -0.1) is 0 Å². The molecule has 0 radical (unpaired) electrons. The minimum atomic E-state index is -0.333. The van der Waals surface area contributed by atoms with Gasteiger partial charge in [0.05, 0.1) is 28.0 Å². The van der Waals surface area contributed by atoms with Crippen LogP contribution < -0.4 is 10.2 Å². The van der Waals surface area contributed by atoms with E-state index in [1.165, 1.54) is 6.33 Å². The summed E-state index contributed by atoms with van der Waals surface area (Å²) in [7, 11) is 3.96. The van der Waals surface area contributed by atoms with Gasteiger partial charge in [0, 0.05) is 56.3 Å². The minimum absolute atomic E-state index is 0.0546. The van der Waals surface area contributed by atoms with Crippen LogP contribution in [-0.4, -0.2) is 62.8 Å². The first kappa shape index (κ1) is 22.5. The van der Waals surface area contributed by atoms with Gasteiger partial charge in [-0.1, -0.05) is 18.7 Å². The molecule has 3 heterocycles. The monoisotopic (exact) mass is 470 g/mol. The Morgan fingerprint density at radius 3 is 2.63 bits per heavy atom. The van der Waals surface area contributed by atoms with Crippen molar-refractivity contribution in [1.82, 2.24) is 24.6 Å². The maximum atomic E-state index is 12.0. The molecule has 0 atom stereocenters. The molecule has 5 rings (SSSR count). The quantitative estimate of drug-likeness (QED) is 0.332. The third-order valence-corrected chi connectivity index (χ3v) is 6.38. The molecule has 10 heteroatoms. The van der Waals surface area contributed by atoms with Crippen LogP contribution in [0.5, 0.6) is 0 Å². The van der Waals surface area contributed by atoms with Crippen LogP contribution in [-0.2, 0) is 7.05 Å². The highest BCUT2D eigenvalue weighted by molar-refractivity contribution is 5.85. The van der Waals surface area contributed by atoms with Crippen molar-refractivity contribution < 1.29 is 4.92 Å². The lowest BCUT2D eigenvalue weighted by Crippen LogP contribution is -2.44. The van der Waals surface area contributed by atoms with Crippen LogP contribution in [0.2, 0.25) is 0 Å². The molecule has 0 saturated carbocycles. The normalized spacial score (nSPS) is 14.3. The van der Waals surface area contributed by atoms with Gasteiger partial charge in [-0.25, -0.2) is 9.97 Å². The van der Waals surface area contributed by atoms with Gasteiger partial charge >= 0.3 is 0 Å². The number of benzene rings is 2. The van der Waals surface area contributed by atoms with Crippen molar-refractivity contribution in [3.05, 3.63) is 71.2 Å². The van der Waals surface area contributed by atoms with Crippen molar-refractivity contribution in [2.24, 2.45) is 7.05 Å². The van der Waals surface area contributed by atoms with Crippen LogP contribution in [0.3, 0.4) is 0 Å². The number of rotatable bonds is 6. The van der Waals surface area contributed by atoms with E-state index in [0.29, 0.717) is 17.2 Å². The molecule has 2 aromatic carbocycles.